The highest BCUT2D eigenvalue weighted by molar-refractivity contribution is 5.90. The second kappa shape index (κ2) is 8.73. The molecular weight excluding hydrogens is 292 g/mol. The van der Waals surface area contributed by atoms with Crippen LogP contribution in [-0.4, -0.2) is 18.2 Å². The Morgan fingerprint density at radius 2 is 1.61 bits per heavy atom. The fourth-order valence-corrected chi connectivity index (χ4v) is 2.05. The first kappa shape index (κ1) is 16.7. The monoisotopic (exact) mass is 312 g/mol. The summed E-state index contributed by atoms with van der Waals surface area (Å²) in [5, 5.41) is 11.8. The quantitative estimate of drug-likeness (QED) is 0.417. The predicted octanol–water partition coefficient (Wildman–Crippen LogP) is 2.50. The smallest absolute Gasteiger partial charge is 0.267 e. The van der Waals surface area contributed by atoms with E-state index >= 15 is 0 Å². The molecule has 0 radical (unpaired) electrons. The number of ether oxygens (including phenoxy) is 1. The Morgan fingerprint density at radius 3 is 2.13 bits per heavy atom. The van der Waals surface area contributed by atoms with Gasteiger partial charge in [-0.3, -0.25) is 10.0 Å². The van der Waals surface area contributed by atoms with Gasteiger partial charge in [0.15, 0.2) is 0 Å². The van der Waals surface area contributed by atoms with Crippen LogP contribution in [0.15, 0.2) is 54.6 Å². The van der Waals surface area contributed by atoms with E-state index in [1.807, 2.05) is 48.5 Å². The van der Waals surface area contributed by atoms with Gasteiger partial charge in [0.1, 0.15) is 5.75 Å². The number of hydrogen-bond donors (Lipinski definition) is 3. The summed E-state index contributed by atoms with van der Waals surface area (Å²) >= 11 is 0. The van der Waals surface area contributed by atoms with Crippen LogP contribution in [0.3, 0.4) is 0 Å². The minimum Gasteiger partial charge on any atom is -0.497 e. The summed E-state index contributed by atoms with van der Waals surface area (Å²) in [6, 6.07) is 15.8. The molecule has 0 atom stereocenters. The Balaban J connectivity index is 1.81. The molecule has 0 bridgehead atoms. The van der Waals surface area contributed by atoms with Gasteiger partial charge in [-0.1, -0.05) is 36.4 Å². The lowest BCUT2D eigenvalue weighted by atomic mass is 10.1. The molecule has 1 amide bonds. The molecule has 0 spiro atoms. The zero-order chi connectivity index (χ0) is 16.5. The molecule has 23 heavy (non-hydrogen) atoms. The number of hydrogen-bond acceptors (Lipinski definition) is 4. The second-order valence-corrected chi connectivity index (χ2v) is 5.00. The van der Waals surface area contributed by atoms with Crippen molar-refractivity contribution < 1.29 is 14.7 Å². The van der Waals surface area contributed by atoms with E-state index in [0.29, 0.717) is 0 Å². The standard InChI is InChI=1S/C18H20N2O3/c1-23-17-9-6-16(7-10-17)13-19-12-15-4-2-14(3-5-15)8-11-18(21)20-22/h2-11,19,22H,12-13H2,1H3,(H,20,21)/b11-8+. The van der Waals surface area contributed by atoms with Gasteiger partial charge in [-0.2, -0.15) is 0 Å². The predicted molar refractivity (Wildman–Crippen MR) is 88.9 cm³/mol. The van der Waals surface area contributed by atoms with Crippen molar-refractivity contribution in [2.75, 3.05) is 7.11 Å². The number of nitrogens with one attached hydrogen (secondary N) is 2. The molecule has 2 aromatic rings. The molecule has 0 aromatic heterocycles. The lowest BCUT2D eigenvalue weighted by Gasteiger charge is -2.06. The van der Waals surface area contributed by atoms with Crippen LogP contribution in [0.4, 0.5) is 0 Å². The zero-order valence-electron chi connectivity index (χ0n) is 13.0. The Morgan fingerprint density at radius 1 is 1.04 bits per heavy atom. The average Bonchev–Trinajstić information content (AvgIpc) is 2.61. The average molecular weight is 312 g/mol. The maximum absolute atomic E-state index is 10.9. The van der Waals surface area contributed by atoms with E-state index in [4.69, 9.17) is 9.94 Å². The molecule has 0 saturated carbocycles. The van der Waals surface area contributed by atoms with Gasteiger partial charge in [0.25, 0.3) is 5.91 Å². The first-order valence-electron chi connectivity index (χ1n) is 7.26. The molecule has 0 unspecified atom stereocenters. The van der Waals surface area contributed by atoms with Crippen LogP contribution in [0.2, 0.25) is 0 Å². The van der Waals surface area contributed by atoms with Crippen molar-refractivity contribution in [3.05, 3.63) is 71.3 Å². The Bertz CT molecular complexity index is 649. The van der Waals surface area contributed by atoms with E-state index in [-0.39, 0.29) is 0 Å². The molecule has 0 fully saturated rings. The van der Waals surface area contributed by atoms with Crippen molar-refractivity contribution in [2.45, 2.75) is 13.1 Å². The summed E-state index contributed by atoms with van der Waals surface area (Å²) in [6.45, 7) is 1.54. The maximum atomic E-state index is 10.9. The Kier molecular flexibility index (Phi) is 6.35. The second-order valence-electron chi connectivity index (χ2n) is 5.00. The highest BCUT2D eigenvalue weighted by atomic mass is 16.5. The van der Waals surface area contributed by atoms with Crippen molar-refractivity contribution in [3.8, 4) is 5.75 Å². The van der Waals surface area contributed by atoms with Crippen LogP contribution >= 0.6 is 0 Å². The van der Waals surface area contributed by atoms with E-state index in [0.717, 1.165) is 30.0 Å². The lowest BCUT2D eigenvalue weighted by molar-refractivity contribution is -0.124. The molecule has 0 aliphatic rings. The minimum atomic E-state index is -0.546. The Labute approximate surface area is 135 Å². The first-order chi connectivity index (χ1) is 11.2. The fourth-order valence-electron chi connectivity index (χ4n) is 2.05. The SMILES string of the molecule is COc1ccc(CNCc2ccc(/C=C/C(=O)NO)cc2)cc1. The molecule has 0 aliphatic carbocycles. The number of amides is 1. The van der Waals surface area contributed by atoms with Crippen molar-refractivity contribution in [3.63, 3.8) is 0 Å². The van der Waals surface area contributed by atoms with E-state index in [1.165, 1.54) is 11.6 Å². The van der Waals surface area contributed by atoms with E-state index in [1.54, 1.807) is 18.7 Å². The van der Waals surface area contributed by atoms with Crippen molar-refractivity contribution >= 4 is 12.0 Å². The highest BCUT2D eigenvalue weighted by Gasteiger charge is 1.97. The van der Waals surface area contributed by atoms with Crippen molar-refractivity contribution in [2.24, 2.45) is 0 Å². The van der Waals surface area contributed by atoms with E-state index in [2.05, 4.69) is 5.32 Å². The first-order valence-corrected chi connectivity index (χ1v) is 7.26. The van der Waals surface area contributed by atoms with Gasteiger partial charge in [0.2, 0.25) is 0 Å². The van der Waals surface area contributed by atoms with Gasteiger partial charge < -0.3 is 10.1 Å². The molecule has 5 nitrogen and oxygen atoms in total. The van der Waals surface area contributed by atoms with Gasteiger partial charge in [-0.15, -0.1) is 0 Å². The van der Waals surface area contributed by atoms with Gasteiger partial charge in [0, 0.05) is 19.2 Å². The largest absolute Gasteiger partial charge is 0.497 e. The molecule has 2 aromatic carbocycles. The lowest BCUT2D eigenvalue weighted by Crippen LogP contribution is -2.14. The van der Waals surface area contributed by atoms with E-state index in [9.17, 15) is 4.79 Å². The molecule has 120 valence electrons. The number of methoxy groups -OCH3 is 1. The summed E-state index contributed by atoms with van der Waals surface area (Å²) in [5.74, 6) is 0.308. The summed E-state index contributed by atoms with van der Waals surface area (Å²) in [5.41, 5.74) is 4.80. The number of benzene rings is 2. The van der Waals surface area contributed by atoms with Gasteiger partial charge in [-0.05, 0) is 34.9 Å². The Hall–Kier alpha value is -2.63. The molecule has 0 saturated heterocycles. The topological polar surface area (TPSA) is 70.6 Å². The van der Waals surface area contributed by atoms with Crippen LogP contribution in [0, 0.1) is 0 Å². The molecule has 0 aliphatic heterocycles. The third-order valence-corrected chi connectivity index (χ3v) is 3.33. The molecule has 5 heteroatoms. The van der Waals surface area contributed by atoms with Crippen molar-refractivity contribution in [1.29, 1.82) is 0 Å². The number of carbonyl (C=O) groups excluding carboxylic acids is 1. The van der Waals surface area contributed by atoms with Gasteiger partial charge in [-0.25, -0.2) is 5.48 Å². The number of carbonyl (C=O) groups is 1. The third-order valence-electron chi connectivity index (χ3n) is 3.33. The van der Waals surface area contributed by atoms with Crippen LogP contribution in [-0.2, 0) is 17.9 Å². The summed E-state index contributed by atoms with van der Waals surface area (Å²) < 4.78 is 5.13. The number of rotatable bonds is 7. The highest BCUT2D eigenvalue weighted by Crippen LogP contribution is 2.11. The van der Waals surface area contributed by atoms with Crippen LogP contribution < -0.4 is 15.5 Å². The number of hydroxylamine groups is 1. The summed E-state index contributed by atoms with van der Waals surface area (Å²) in [7, 11) is 1.66. The van der Waals surface area contributed by atoms with Crippen LogP contribution in [0.25, 0.3) is 6.08 Å². The third kappa shape index (κ3) is 5.58. The van der Waals surface area contributed by atoms with Crippen LogP contribution in [0.1, 0.15) is 16.7 Å². The fraction of sp³-hybridized carbons (Fsp3) is 0.167. The maximum Gasteiger partial charge on any atom is 0.267 e. The summed E-state index contributed by atoms with van der Waals surface area (Å²) in [4.78, 5) is 10.9. The van der Waals surface area contributed by atoms with E-state index < -0.39 is 5.91 Å². The molecule has 0 heterocycles. The molecular formula is C18H20N2O3. The molecule has 3 N–H and O–H groups in total. The van der Waals surface area contributed by atoms with Crippen LogP contribution in [0.5, 0.6) is 5.75 Å². The summed E-state index contributed by atoms with van der Waals surface area (Å²) in [6.07, 6.45) is 2.91. The van der Waals surface area contributed by atoms with Gasteiger partial charge >= 0.3 is 0 Å². The normalized spacial score (nSPS) is 10.7. The zero-order valence-corrected chi connectivity index (χ0v) is 13.0. The van der Waals surface area contributed by atoms with Crippen molar-refractivity contribution in [1.82, 2.24) is 10.8 Å². The minimum absolute atomic E-state index is 0.546. The molecule has 2 rings (SSSR count). The van der Waals surface area contributed by atoms with Gasteiger partial charge in [0.05, 0.1) is 7.11 Å².